The van der Waals surface area contributed by atoms with Crippen molar-refractivity contribution in [3.8, 4) is 0 Å². The number of benzene rings is 1. The number of nitrogens with zero attached hydrogens (tertiary/aromatic N) is 4. The van der Waals surface area contributed by atoms with Crippen LogP contribution in [-0.2, 0) is 11.3 Å². The fourth-order valence-electron chi connectivity index (χ4n) is 1.69. The lowest BCUT2D eigenvalue weighted by Crippen LogP contribution is -2.07. The third-order valence-electron chi connectivity index (χ3n) is 2.66. The van der Waals surface area contributed by atoms with Gasteiger partial charge in [0.1, 0.15) is 0 Å². The highest BCUT2D eigenvalue weighted by molar-refractivity contribution is 7.99. The quantitative estimate of drug-likeness (QED) is 0.476. The number of Topliss-reactive ketones (excluding diaryl/α,β-unsaturated/α-hetero) is 1. The van der Waals surface area contributed by atoms with Gasteiger partial charge in [0.2, 0.25) is 11.1 Å². The molecule has 0 bridgehead atoms. The van der Waals surface area contributed by atoms with Gasteiger partial charge in [-0.05, 0) is 34.7 Å². The first-order valence-electron chi connectivity index (χ1n) is 6.51. The normalized spacial score (nSPS) is 10.2. The molecule has 0 atom stereocenters. The molecule has 7 nitrogen and oxygen atoms in total. The van der Waals surface area contributed by atoms with Crippen LogP contribution in [0.3, 0.4) is 0 Å². The van der Waals surface area contributed by atoms with Crippen molar-refractivity contribution >= 4 is 29.1 Å². The summed E-state index contributed by atoms with van der Waals surface area (Å²) >= 11 is 1.27. The molecule has 0 aliphatic heterocycles. The Morgan fingerprint density at radius 1 is 1.36 bits per heavy atom. The Labute approximate surface area is 131 Å². The second-order valence-electron chi connectivity index (χ2n) is 4.40. The van der Waals surface area contributed by atoms with Gasteiger partial charge in [0.15, 0.2) is 5.78 Å². The van der Waals surface area contributed by atoms with Gasteiger partial charge < -0.3 is 5.32 Å². The summed E-state index contributed by atoms with van der Waals surface area (Å²) in [5.41, 5.74) is 1.23. The van der Waals surface area contributed by atoms with Crippen molar-refractivity contribution in [1.29, 1.82) is 0 Å². The van der Waals surface area contributed by atoms with Crippen LogP contribution in [0.4, 0.5) is 5.69 Å². The second kappa shape index (κ2) is 7.51. The monoisotopic (exact) mass is 317 g/mol. The van der Waals surface area contributed by atoms with Crippen molar-refractivity contribution in [2.24, 2.45) is 0 Å². The van der Waals surface area contributed by atoms with E-state index in [1.54, 1.807) is 35.0 Å². The summed E-state index contributed by atoms with van der Waals surface area (Å²) in [6.45, 7) is 5.55. The van der Waals surface area contributed by atoms with Crippen LogP contribution in [0.15, 0.2) is 42.1 Å². The SMILES string of the molecule is C=CCn1nnnc1SCC(=O)c1ccc(NC(C)=O)cc1. The lowest BCUT2D eigenvalue weighted by atomic mass is 10.1. The number of tetrazole rings is 1. The van der Waals surface area contributed by atoms with E-state index in [1.165, 1.54) is 18.7 Å². The molecule has 0 saturated carbocycles. The van der Waals surface area contributed by atoms with Crippen LogP contribution in [0.2, 0.25) is 0 Å². The third kappa shape index (κ3) is 4.26. The zero-order chi connectivity index (χ0) is 15.9. The Balaban J connectivity index is 1.95. The molecule has 0 spiro atoms. The first kappa shape index (κ1) is 15.9. The van der Waals surface area contributed by atoms with Crippen LogP contribution >= 0.6 is 11.8 Å². The average molecular weight is 317 g/mol. The smallest absolute Gasteiger partial charge is 0.221 e. The summed E-state index contributed by atoms with van der Waals surface area (Å²) in [7, 11) is 0. The number of allylic oxidation sites excluding steroid dienone is 1. The molecule has 1 amide bonds. The standard InChI is InChI=1S/C14H15N5O2S/c1-3-8-19-14(16-17-18-19)22-9-13(21)11-4-6-12(7-5-11)15-10(2)20/h3-7H,1,8-9H2,2H3,(H,15,20). The van der Waals surface area contributed by atoms with E-state index in [0.29, 0.717) is 23.0 Å². The van der Waals surface area contributed by atoms with Gasteiger partial charge in [-0.2, -0.15) is 0 Å². The third-order valence-corrected chi connectivity index (χ3v) is 3.62. The maximum absolute atomic E-state index is 12.1. The molecule has 0 fully saturated rings. The predicted octanol–water partition coefficient (Wildman–Crippen LogP) is 1.79. The summed E-state index contributed by atoms with van der Waals surface area (Å²) in [5, 5.41) is 14.5. The first-order chi connectivity index (χ1) is 10.6. The molecule has 22 heavy (non-hydrogen) atoms. The number of rotatable bonds is 7. The Bertz CT molecular complexity index is 681. The number of hydrogen-bond acceptors (Lipinski definition) is 6. The molecular weight excluding hydrogens is 302 g/mol. The number of aromatic nitrogens is 4. The Morgan fingerprint density at radius 3 is 2.73 bits per heavy atom. The van der Waals surface area contributed by atoms with Gasteiger partial charge in [-0.1, -0.05) is 17.8 Å². The molecule has 8 heteroatoms. The van der Waals surface area contributed by atoms with Gasteiger partial charge in [-0.25, -0.2) is 4.68 Å². The minimum absolute atomic E-state index is 0.0347. The van der Waals surface area contributed by atoms with Crippen molar-refractivity contribution in [3.63, 3.8) is 0 Å². The minimum Gasteiger partial charge on any atom is -0.326 e. The number of anilines is 1. The van der Waals surface area contributed by atoms with E-state index in [2.05, 4.69) is 27.4 Å². The highest BCUT2D eigenvalue weighted by Gasteiger charge is 2.11. The predicted molar refractivity (Wildman–Crippen MR) is 83.8 cm³/mol. The number of nitrogens with one attached hydrogen (secondary N) is 1. The number of hydrogen-bond donors (Lipinski definition) is 1. The van der Waals surface area contributed by atoms with Crippen LogP contribution in [0.1, 0.15) is 17.3 Å². The number of carbonyl (C=O) groups excluding carboxylic acids is 2. The van der Waals surface area contributed by atoms with E-state index < -0.39 is 0 Å². The van der Waals surface area contributed by atoms with Crippen LogP contribution in [0, 0.1) is 0 Å². The topological polar surface area (TPSA) is 89.8 Å². The van der Waals surface area contributed by atoms with E-state index >= 15 is 0 Å². The molecular formula is C14H15N5O2S. The first-order valence-corrected chi connectivity index (χ1v) is 7.49. The maximum Gasteiger partial charge on any atom is 0.221 e. The van der Waals surface area contributed by atoms with Gasteiger partial charge in [-0.3, -0.25) is 9.59 Å². The van der Waals surface area contributed by atoms with Crippen molar-refractivity contribution in [2.75, 3.05) is 11.1 Å². The van der Waals surface area contributed by atoms with E-state index in [1.807, 2.05) is 0 Å². The second-order valence-corrected chi connectivity index (χ2v) is 5.35. The highest BCUT2D eigenvalue weighted by atomic mass is 32.2. The molecule has 0 saturated heterocycles. The van der Waals surface area contributed by atoms with Crippen molar-refractivity contribution in [2.45, 2.75) is 18.6 Å². The summed E-state index contributed by atoms with van der Waals surface area (Å²) in [4.78, 5) is 23.1. The van der Waals surface area contributed by atoms with Crippen molar-refractivity contribution in [3.05, 3.63) is 42.5 Å². The molecule has 0 aliphatic carbocycles. The Hall–Kier alpha value is -2.48. The number of carbonyl (C=O) groups is 2. The molecule has 1 aromatic carbocycles. The van der Waals surface area contributed by atoms with Gasteiger partial charge in [0, 0.05) is 18.2 Å². The van der Waals surface area contributed by atoms with Crippen LogP contribution in [0.25, 0.3) is 0 Å². The molecule has 2 aromatic rings. The molecule has 0 radical (unpaired) electrons. The zero-order valence-corrected chi connectivity index (χ0v) is 12.8. The largest absolute Gasteiger partial charge is 0.326 e. The summed E-state index contributed by atoms with van der Waals surface area (Å²) in [6, 6.07) is 6.75. The number of amides is 1. The molecule has 114 valence electrons. The van der Waals surface area contributed by atoms with Gasteiger partial charge in [-0.15, -0.1) is 11.7 Å². The summed E-state index contributed by atoms with van der Waals surface area (Å²) in [6.07, 6.45) is 1.68. The molecule has 1 heterocycles. The van der Waals surface area contributed by atoms with Crippen molar-refractivity contribution < 1.29 is 9.59 Å². The summed E-state index contributed by atoms with van der Waals surface area (Å²) in [5.74, 6) is 0.0491. The summed E-state index contributed by atoms with van der Waals surface area (Å²) < 4.78 is 1.57. The molecule has 0 unspecified atom stereocenters. The number of ketones is 1. The van der Waals surface area contributed by atoms with Gasteiger partial charge in [0.05, 0.1) is 12.3 Å². The molecule has 0 aliphatic rings. The van der Waals surface area contributed by atoms with Gasteiger partial charge >= 0.3 is 0 Å². The van der Waals surface area contributed by atoms with Crippen LogP contribution in [0.5, 0.6) is 0 Å². The van der Waals surface area contributed by atoms with E-state index in [-0.39, 0.29) is 17.4 Å². The fraction of sp³-hybridized carbons (Fsp3) is 0.214. The van der Waals surface area contributed by atoms with Gasteiger partial charge in [0.25, 0.3) is 0 Å². The molecule has 1 N–H and O–H groups in total. The van der Waals surface area contributed by atoms with Crippen molar-refractivity contribution in [1.82, 2.24) is 20.2 Å². The highest BCUT2D eigenvalue weighted by Crippen LogP contribution is 2.17. The van der Waals surface area contributed by atoms with Crippen LogP contribution < -0.4 is 5.32 Å². The number of thioether (sulfide) groups is 1. The van der Waals surface area contributed by atoms with E-state index in [9.17, 15) is 9.59 Å². The average Bonchev–Trinajstić information content (AvgIpc) is 2.93. The fourth-order valence-corrected chi connectivity index (χ4v) is 2.47. The zero-order valence-electron chi connectivity index (χ0n) is 12.0. The van der Waals surface area contributed by atoms with Crippen LogP contribution in [-0.4, -0.2) is 37.7 Å². The van der Waals surface area contributed by atoms with E-state index in [4.69, 9.17) is 0 Å². The Morgan fingerprint density at radius 2 is 2.09 bits per heavy atom. The van der Waals surface area contributed by atoms with E-state index in [0.717, 1.165) is 0 Å². The lowest BCUT2D eigenvalue weighted by Gasteiger charge is -2.04. The minimum atomic E-state index is -0.149. The molecule has 1 aromatic heterocycles. The lowest BCUT2D eigenvalue weighted by molar-refractivity contribution is -0.114. The molecule has 2 rings (SSSR count). The Kier molecular flexibility index (Phi) is 5.42. The maximum atomic E-state index is 12.1.